The topological polar surface area (TPSA) is 86.8 Å². The molecule has 2 amide bonds. The Morgan fingerprint density at radius 3 is 2.33 bits per heavy atom. The van der Waals surface area contributed by atoms with Crippen molar-refractivity contribution in [2.45, 2.75) is 58.0 Å². The number of amides is 2. The van der Waals surface area contributed by atoms with Crippen LogP contribution in [0.15, 0.2) is 82.2 Å². The van der Waals surface area contributed by atoms with Gasteiger partial charge < -0.3 is 10.2 Å². The van der Waals surface area contributed by atoms with Crippen molar-refractivity contribution < 1.29 is 18.0 Å². The van der Waals surface area contributed by atoms with E-state index >= 15 is 0 Å². The second-order valence-corrected chi connectivity index (χ2v) is 12.4. The fraction of sp³-hybridized carbons (Fsp3) is 0.333. The van der Waals surface area contributed by atoms with Crippen molar-refractivity contribution in [3.63, 3.8) is 0 Å². The van der Waals surface area contributed by atoms with Crippen molar-refractivity contribution in [3.05, 3.63) is 94.0 Å². The minimum Gasteiger partial charge on any atom is -0.354 e. The molecule has 39 heavy (non-hydrogen) atoms. The zero-order valence-corrected chi connectivity index (χ0v) is 25.3. The van der Waals surface area contributed by atoms with Crippen LogP contribution in [0.3, 0.4) is 0 Å². The lowest BCUT2D eigenvalue weighted by Crippen LogP contribution is -2.51. The predicted octanol–water partition coefficient (Wildman–Crippen LogP) is 5.59. The van der Waals surface area contributed by atoms with Gasteiger partial charge >= 0.3 is 0 Å². The lowest BCUT2D eigenvalue weighted by Gasteiger charge is -2.32. The standard InChI is InChI=1S/C30H36BrN3O4S/c1-5-6-17-32-30(36)24(4)33(20-25-11-10-12-26(31)19-25)29(35)21-34(28-16-15-22(2)18-23(28)3)39(37,38)27-13-8-7-9-14-27/h7-16,18-19,24H,5-6,17,20-21H2,1-4H3,(H,32,36)/t24-/m0/s1. The predicted molar refractivity (Wildman–Crippen MR) is 159 cm³/mol. The van der Waals surface area contributed by atoms with E-state index in [1.165, 1.54) is 17.0 Å². The van der Waals surface area contributed by atoms with Crippen LogP contribution in [0.25, 0.3) is 0 Å². The average molecular weight is 615 g/mol. The number of halogens is 1. The summed E-state index contributed by atoms with van der Waals surface area (Å²) in [5.74, 6) is -0.761. The number of nitrogens with one attached hydrogen (secondary N) is 1. The molecule has 9 heteroatoms. The van der Waals surface area contributed by atoms with Gasteiger partial charge in [-0.15, -0.1) is 0 Å². The fourth-order valence-electron chi connectivity index (χ4n) is 4.27. The van der Waals surface area contributed by atoms with Gasteiger partial charge in [0.15, 0.2) is 0 Å². The van der Waals surface area contributed by atoms with Crippen LogP contribution in [0.1, 0.15) is 43.4 Å². The molecule has 0 spiro atoms. The van der Waals surface area contributed by atoms with Crippen molar-refractivity contribution in [2.24, 2.45) is 0 Å². The SMILES string of the molecule is CCCCNC(=O)[C@H](C)N(Cc1cccc(Br)c1)C(=O)CN(c1ccc(C)cc1C)S(=O)(=O)c1ccccc1. The van der Waals surface area contributed by atoms with Crippen molar-refractivity contribution in [1.29, 1.82) is 0 Å². The molecule has 0 unspecified atom stereocenters. The lowest BCUT2D eigenvalue weighted by molar-refractivity contribution is -0.139. The van der Waals surface area contributed by atoms with Gasteiger partial charge in [-0.3, -0.25) is 13.9 Å². The lowest BCUT2D eigenvalue weighted by atomic mass is 10.1. The largest absolute Gasteiger partial charge is 0.354 e. The zero-order chi connectivity index (χ0) is 28.6. The van der Waals surface area contributed by atoms with E-state index in [4.69, 9.17) is 0 Å². The van der Waals surface area contributed by atoms with Gasteiger partial charge in [-0.25, -0.2) is 8.42 Å². The van der Waals surface area contributed by atoms with E-state index in [1.807, 2.05) is 57.2 Å². The number of hydrogen-bond acceptors (Lipinski definition) is 4. The van der Waals surface area contributed by atoms with Gasteiger partial charge in [-0.2, -0.15) is 0 Å². The van der Waals surface area contributed by atoms with E-state index in [0.29, 0.717) is 12.2 Å². The van der Waals surface area contributed by atoms with Gasteiger partial charge in [-0.1, -0.05) is 77.3 Å². The summed E-state index contributed by atoms with van der Waals surface area (Å²) in [5.41, 5.74) is 2.94. The molecule has 0 aliphatic carbocycles. The molecule has 3 aromatic rings. The number of benzene rings is 3. The molecule has 0 aliphatic rings. The smallest absolute Gasteiger partial charge is 0.264 e. The van der Waals surface area contributed by atoms with Crippen molar-refractivity contribution in [2.75, 3.05) is 17.4 Å². The Balaban J connectivity index is 2.02. The van der Waals surface area contributed by atoms with Gasteiger partial charge in [0.1, 0.15) is 12.6 Å². The summed E-state index contributed by atoms with van der Waals surface area (Å²) in [6, 6.07) is 20.2. The van der Waals surface area contributed by atoms with E-state index in [9.17, 15) is 18.0 Å². The minimum absolute atomic E-state index is 0.0849. The summed E-state index contributed by atoms with van der Waals surface area (Å²) < 4.78 is 29.7. The number of carbonyl (C=O) groups excluding carboxylic acids is 2. The first-order valence-electron chi connectivity index (χ1n) is 13.0. The molecule has 0 heterocycles. The molecular formula is C30H36BrN3O4S. The summed E-state index contributed by atoms with van der Waals surface area (Å²) in [4.78, 5) is 28.5. The molecule has 3 aromatic carbocycles. The number of nitrogens with zero attached hydrogens (tertiary/aromatic N) is 2. The molecule has 208 valence electrons. The van der Waals surface area contributed by atoms with Gasteiger partial charge in [-0.05, 0) is 68.7 Å². The third-order valence-corrected chi connectivity index (χ3v) is 8.74. The molecule has 7 nitrogen and oxygen atoms in total. The molecule has 0 radical (unpaired) electrons. The van der Waals surface area contributed by atoms with Crippen molar-refractivity contribution >= 4 is 43.5 Å². The maximum Gasteiger partial charge on any atom is 0.264 e. The highest BCUT2D eigenvalue weighted by Crippen LogP contribution is 2.28. The first-order valence-corrected chi connectivity index (χ1v) is 15.2. The number of unbranched alkanes of at least 4 members (excludes halogenated alkanes) is 1. The number of anilines is 1. The highest BCUT2D eigenvalue weighted by Gasteiger charge is 2.33. The van der Waals surface area contributed by atoms with Crippen molar-refractivity contribution in [1.82, 2.24) is 10.2 Å². The summed E-state index contributed by atoms with van der Waals surface area (Å²) in [7, 11) is -4.08. The van der Waals surface area contributed by atoms with Crippen LogP contribution in [0.5, 0.6) is 0 Å². The maximum atomic E-state index is 14.0. The molecule has 1 atom stereocenters. The molecule has 0 saturated carbocycles. The Morgan fingerprint density at radius 1 is 0.974 bits per heavy atom. The second-order valence-electron chi connectivity index (χ2n) is 9.59. The first-order chi connectivity index (χ1) is 18.5. The van der Waals surface area contributed by atoms with Crippen LogP contribution in [-0.2, 0) is 26.2 Å². The third kappa shape index (κ3) is 7.92. The van der Waals surface area contributed by atoms with Crippen LogP contribution >= 0.6 is 15.9 Å². The average Bonchev–Trinajstić information content (AvgIpc) is 2.91. The van der Waals surface area contributed by atoms with Crippen LogP contribution < -0.4 is 9.62 Å². The van der Waals surface area contributed by atoms with E-state index < -0.39 is 28.5 Å². The molecule has 0 saturated heterocycles. The number of aryl methyl sites for hydroxylation is 2. The third-order valence-electron chi connectivity index (χ3n) is 6.47. The van der Waals surface area contributed by atoms with Crippen molar-refractivity contribution in [3.8, 4) is 0 Å². The van der Waals surface area contributed by atoms with Gasteiger partial charge in [0.25, 0.3) is 10.0 Å². The number of sulfonamides is 1. The monoisotopic (exact) mass is 613 g/mol. The van der Waals surface area contributed by atoms with E-state index in [-0.39, 0.29) is 17.3 Å². The molecule has 0 aromatic heterocycles. The van der Waals surface area contributed by atoms with Gasteiger partial charge in [0, 0.05) is 17.6 Å². The number of hydrogen-bond donors (Lipinski definition) is 1. The minimum atomic E-state index is -4.08. The van der Waals surface area contributed by atoms with Crippen LogP contribution in [-0.4, -0.2) is 44.3 Å². The Bertz CT molecular complexity index is 1400. The van der Waals surface area contributed by atoms with Crippen LogP contribution in [0.4, 0.5) is 5.69 Å². The fourth-order valence-corrected chi connectivity index (χ4v) is 6.22. The molecule has 1 N–H and O–H groups in total. The summed E-state index contributed by atoms with van der Waals surface area (Å²) in [5, 5.41) is 2.90. The normalized spacial score (nSPS) is 12.0. The molecule has 0 aliphatic heterocycles. The van der Waals surface area contributed by atoms with Crippen LogP contribution in [0, 0.1) is 13.8 Å². The first kappa shape index (κ1) is 30.4. The summed E-state index contributed by atoms with van der Waals surface area (Å²) >= 11 is 3.46. The second kappa shape index (κ2) is 13.8. The Morgan fingerprint density at radius 2 is 1.69 bits per heavy atom. The Hall–Kier alpha value is -3.17. The summed E-state index contributed by atoms with van der Waals surface area (Å²) in [6.07, 6.45) is 1.76. The highest BCUT2D eigenvalue weighted by atomic mass is 79.9. The number of carbonyl (C=O) groups is 2. The zero-order valence-electron chi connectivity index (χ0n) is 22.9. The van der Waals surface area contributed by atoms with E-state index in [2.05, 4.69) is 21.2 Å². The highest BCUT2D eigenvalue weighted by molar-refractivity contribution is 9.10. The molecule has 3 rings (SSSR count). The Kier molecular flexibility index (Phi) is 10.7. The Labute approximate surface area is 240 Å². The van der Waals surface area contributed by atoms with E-state index in [0.717, 1.165) is 38.3 Å². The van der Waals surface area contributed by atoms with Gasteiger partial charge in [0.2, 0.25) is 11.8 Å². The van der Waals surface area contributed by atoms with Gasteiger partial charge in [0.05, 0.1) is 10.6 Å². The molecule has 0 bridgehead atoms. The quantitative estimate of drug-likeness (QED) is 0.270. The maximum absolute atomic E-state index is 14.0. The molecule has 0 fully saturated rings. The summed E-state index contributed by atoms with van der Waals surface area (Å²) in [6.45, 7) is 7.65. The van der Waals surface area contributed by atoms with E-state index in [1.54, 1.807) is 31.2 Å². The number of rotatable bonds is 12. The van der Waals surface area contributed by atoms with Crippen LogP contribution in [0.2, 0.25) is 0 Å². The molecular weight excluding hydrogens is 578 g/mol.